The summed E-state index contributed by atoms with van der Waals surface area (Å²) in [5.41, 5.74) is 1.83. The number of benzodiazepines with no additional fused rings is 1. The van der Waals surface area contributed by atoms with E-state index in [1.54, 1.807) is 30.3 Å². The van der Waals surface area contributed by atoms with Gasteiger partial charge >= 0.3 is 0 Å². The first kappa shape index (κ1) is 14.5. The molecule has 106 valence electrons. The molecule has 0 spiro atoms. The SMILES string of the molecule is O=C1CN=C(c2ccccc2F)c2c(ccc(I)c2Cl)N1. The Kier molecular flexibility index (Phi) is 3.95. The standard InChI is InChI=1S/C15H9ClFIN2O/c16-14-10(18)5-6-11-13(14)15(19-7-12(21)20-11)8-3-1-2-4-9(8)17/h1-6H,7H2,(H,20,21). The van der Waals surface area contributed by atoms with Crippen LogP contribution in [-0.4, -0.2) is 18.2 Å². The highest BCUT2D eigenvalue weighted by Gasteiger charge is 2.23. The van der Waals surface area contributed by atoms with E-state index in [-0.39, 0.29) is 12.5 Å². The van der Waals surface area contributed by atoms with Crippen LogP contribution in [0.4, 0.5) is 10.1 Å². The fourth-order valence-electron chi connectivity index (χ4n) is 2.18. The normalized spacial score (nSPS) is 14.0. The van der Waals surface area contributed by atoms with E-state index in [1.807, 2.05) is 0 Å². The number of hydrogen-bond acceptors (Lipinski definition) is 2. The summed E-state index contributed by atoms with van der Waals surface area (Å²) in [5.74, 6) is -0.647. The van der Waals surface area contributed by atoms with E-state index in [9.17, 15) is 9.18 Å². The van der Waals surface area contributed by atoms with Crippen LogP contribution in [0.5, 0.6) is 0 Å². The van der Waals surface area contributed by atoms with Crippen molar-refractivity contribution in [2.75, 3.05) is 11.9 Å². The minimum absolute atomic E-state index is 0.0642. The monoisotopic (exact) mass is 414 g/mol. The van der Waals surface area contributed by atoms with Gasteiger partial charge in [0.25, 0.3) is 0 Å². The number of halogens is 3. The third-order valence-corrected chi connectivity index (χ3v) is 4.73. The number of nitrogens with one attached hydrogen (secondary N) is 1. The quantitative estimate of drug-likeness (QED) is 0.707. The van der Waals surface area contributed by atoms with Crippen LogP contribution in [-0.2, 0) is 4.79 Å². The Balaban J connectivity index is 2.30. The third-order valence-electron chi connectivity index (χ3n) is 3.12. The maximum Gasteiger partial charge on any atom is 0.246 e. The second-order valence-corrected chi connectivity index (χ2v) is 6.02. The average molecular weight is 415 g/mol. The van der Waals surface area contributed by atoms with E-state index >= 15 is 0 Å². The van der Waals surface area contributed by atoms with Gasteiger partial charge in [0.2, 0.25) is 5.91 Å². The molecule has 0 saturated heterocycles. The molecule has 2 aromatic rings. The summed E-state index contributed by atoms with van der Waals surface area (Å²) in [5, 5.41) is 3.20. The van der Waals surface area contributed by atoms with Crippen LogP contribution in [0.2, 0.25) is 5.02 Å². The summed E-state index contributed by atoms with van der Waals surface area (Å²) in [6.45, 7) is -0.0642. The lowest BCUT2D eigenvalue weighted by Gasteiger charge is -2.13. The van der Waals surface area contributed by atoms with Crippen LogP contribution in [0.15, 0.2) is 41.4 Å². The van der Waals surface area contributed by atoms with Crippen LogP contribution in [0, 0.1) is 9.39 Å². The molecule has 2 aromatic carbocycles. The number of anilines is 1. The lowest BCUT2D eigenvalue weighted by atomic mass is 10.00. The molecule has 21 heavy (non-hydrogen) atoms. The molecule has 1 amide bonds. The van der Waals surface area contributed by atoms with Gasteiger partial charge in [-0.2, -0.15) is 0 Å². The van der Waals surface area contributed by atoms with Crippen molar-refractivity contribution in [2.45, 2.75) is 0 Å². The number of nitrogens with zero attached hydrogens (tertiary/aromatic N) is 1. The lowest BCUT2D eigenvalue weighted by molar-refractivity contribution is -0.114. The van der Waals surface area contributed by atoms with Gasteiger partial charge in [0.15, 0.2) is 0 Å². The van der Waals surface area contributed by atoms with Crippen molar-refractivity contribution >= 4 is 51.5 Å². The van der Waals surface area contributed by atoms with E-state index in [0.717, 1.165) is 3.57 Å². The first-order valence-electron chi connectivity index (χ1n) is 6.15. The second-order valence-electron chi connectivity index (χ2n) is 4.48. The lowest BCUT2D eigenvalue weighted by Crippen LogP contribution is -2.13. The second kappa shape index (κ2) is 5.73. The van der Waals surface area contributed by atoms with Crippen LogP contribution in [0.25, 0.3) is 0 Å². The Hall–Kier alpha value is -1.47. The third kappa shape index (κ3) is 2.67. The summed E-state index contributed by atoms with van der Waals surface area (Å²) in [7, 11) is 0. The fourth-order valence-corrected chi connectivity index (χ4v) is 2.88. The van der Waals surface area contributed by atoms with Gasteiger partial charge in [-0.1, -0.05) is 23.7 Å². The molecule has 3 rings (SSSR count). The molecule has 1 N–H and O–H groups in total. The summed E-state index contributed by atoms with van der Waals surface area (Å²) in [4.78, 5) is 16.0. The molecule has 0 unspecified atom stereocenters. The Morgan fingerprint density at radius 2 is 2.00 bits per heavy atom. The maximum absolute atomic E-state index is 14.1. The Bertz CT molecular complexity index is 776. The van der Waals surface area contributed by atoms with E-state index in [4.69, 9.17) is 11.6 Å². The first-order chi connectivity index (χ1) is 10.1. The predicted molar refractivity (Wildman–Crippen MR) is 89.7 cm³/mol. The van der Waals surface area contributed by atoms with Crippen molar-refractivity contribution in [3.8, 4) is 0 Å². The summed E-state index contributed by atoms with van der Waals surface area (Å²) in [6.07, 6.45) is 0. The van der Waals surface area contributed by atoms with E-state index in [2.05, 4.69) is 32.9 Å². The van der Waals surface area contributed by atoms with E-state index < -0.39 is 5.82 Å². The zero-order chi connectivity index (χ0) is 15.0. The predicted octanol–water partition coefficient (Wildman–Crippen LogP) is 3.87. The van der Waals surface area contributed by atoms with Gasteiger partial charge in [0.05, 0.1) is 16.4 Å². The number of benzene rings is 2. The highest BCUT2D eigenvalue weighted by atomic mass is 127. The number of hydrogen-bond donors (Lipinski definition) is 1. The molecule has 1 heterocycles. The van der Waals surface area contributed by atoms with Crippen molar-refractivity contribution in [3.05, 3.63) is 61.9 Å². The molecule has 0 atom stereocenters. The first-order valence-corrected chi connectivity index (χ1v) is 7.61. The number of aliphatic imine (C=N–C) groups is 1. The van der Waals surface area contributed by atoms with Gasteiger partial charge in [0, 0.05) is 14.7 Å². The molecule has 0 bridgehead atoms. The Morgan fingerprint density at radius 1 is 1.24 bits per heavy atom. The molecule has 1 aliphatic heterocycles. The zero-order valence-electron chi connectivity index (χ0n) is 10.7. The highest BCUT2D eigenvalue weighted by molar-refractivity contribution is 14.1. The number of fused-ring (bicyclic) bond motifs is 1. The van der Waals surface area contributed by atoms with Gasteiger partial charge in [-0.15, -0.1) is 0 Å². The van der Waals surface area contributed by atoms with Crippen LogP contribution >= 0.6 is 34.2 Å². The zero-order valence-corrected chi connectivity index (χ0v) is 13.6. The summed E-state index contributed by atoms with van der Waals surface area (Å²) in [6, 6.07) is 9.87. The van der Waals surface area contributed by atoms with Gasteiger partial charge in [0.1, 0.15) is 12.4 Å². The van der Waals surface area contributed by atoms with Crippen molar-refractivity contribution in [3.63, 3.8) is 0 Å². The van der Waals surface area contributed by atoms with Gasteiger partial charge < -0.3 is 5.32 Å². The molecular weight excluding hydrogens is 406 g/mol. The van der Waals surface area contributed by atoms with Gasteiger partial charge in [-0.3, -0.25) is 9.79 Å². The average Bonchev–Trinajstić information content (AvgIpc) is 2.63. The molecule has 6 heteroatoms. The minimum Gasteiger partial charge on any atom is -0.324 e. The molecule has 0 fully saturated rings. The van der Waals surface area contributed by atoms with Crippen LogP contribution < -0.4 is 5.32 Å². The number of amides is 1. The molecule has 0 radical (unpaired) electrons. The summed E-state index contributed by atoms with van der Waals surface area (Å²) >= 11 is 8.46. The number of carbonyl (C=O) groups excluding carboxylic acids is 1. The van der Waals surface area contributed by atoms with Crippen molar-refractivity contribution < 1.29 is 9.18 Å². The summed E-state index contributed by atoms with van der Waals surface area (Å²) < 4.78 is 14.9. The Labute approximate surface area is 139 Å². The highest BCUT2D eigenvalue weighted by Crippen LogP contribution is 2.33. The van der Waals surface area contributed by atoms with Gasteiger partial charge in [-0.05, 0) is 46.9 Å². The largest absolute Gasteiger partial charge is 0.324 e. The molecule has 0 saturated carbocycles. The maximum atomic E-state index is 14.1. The van der Waals surface area contributed by atoms with Crippen molar-refractivity contribution in [2.24, 2.45) is 4.99 Å². The van der Waals surface area contributed by atoms with E-state index in [0.29, 0.717) is 27.5 Å². The molecular formula is C15H9ClFIN2O. The van der Waals surface area contributed by atoms with E-state index in [1.165, 1.54) is 6.07 Å². The molecule has 0 aliphatic carbocycles. The van der Waals surface area contributed by atoms with Crippen LogP contribution in [0.3, 0.4) is 0 Å². The van der Waals surface area contributed by atoms with Crippen molar-refractivity contribution in [1.29, 1.82) is 0 Å². The van der Waals surface area contributed by atoms with Gasteiger partial charge in [-0.25, -0.2) is 4.39 Å². The molecule has 0 aromatic heterocycles. The Morgan fingerprint density at radius 3 is 2.76 bits per heavy atom. The topological polar surface area (TPSA) is 41.5 Å². The number of rotatable bonds is 1. The molecule has 1 aliphatic rings. The van der Waals surface area contributed by atoms with Crippen molar-refractivity contribution in [1.82, 2.24) is 0 Å². The number of carbonyl (C=O) groups is 1. The minimum atomic E-state index is -0.397. The smallest absolute Gasteiger partial charge is 0.246 e. The molecule has 3 nitrogen and oxygen atoms in total. The van der Waals surface area contributed by atoms with Crippen LogP contribution in [0.1, 0.15) is 11.1 Å². The fraction of sp³-hybridized carbons (Fsp3) is 0.0667.